The zero-order valence-corrected chi connectivity index (χ0v) is 28.5. The van der Waals surface area contributed by atoms with Crippen LogP contribution in [0.15, 0.2) is 59.5 Å². The van der Waals surface area contributed by atoms with Crippen molar-refractivity contribution < 1.29 is 14.3 Å². The van der Waals surface area contributed by atoms with Gasteiger partial charge in [0.2, 0.25) is 0 Å². The maximum absolute atomic E-state index is 13.5. The largest absolute Gasteiger partial charge is 0.444 e. The first-order valence-electron chi connectivity index (χ1n) is 14.9. The molecule has 0 fully saturated rings. The van der Waals surface area contributed by atoms with Crippen molar-refractivity contribution in [2.45, 2.75) is 52.7 Å². The second-order valence-corrected chi connectivity index (χ2v) is 13.6. The van der Waals surface area contributed by atoms with Gasteiger partial charge in [-0.2, -0.15) is 0 Å². The van der Waals surface area contributed by atoms with Crippen LogP contribution in [-0.2, 0) is 31.2 Å². The molecule has 1 aliphatic heterocycles. The monoisotopic (exact) mass is 701 g/mol. The lowest BCUT2D eigenvalue weighted by atomic mass is 9.93. The van der Waals surface area contributed by atoms with E-state index in [1.54, 1.807) is 28.1 Å². The standard InChI is InChI=1S/C34H33BrClN7O3/c1-19-20(14-25-30-26(39-18-38-25)15-21(35)16-37-30)8-6-9-22(19)23-10-7-11-24(29(23)36)41-32(44)31-40-27-17-43(13-12-28(27)42(31)5)33(45)46-34(2,3)4/h6-11,15-16,18H,12-14,17H2,1-5H3,(H,41,44). The van der Waals surface area contributed by atoms with E-state index in [0.717, 1.165) is 49.1 Å². The van der Waals surface area contributed by atoms with Crippen molar-refractivity contribution in [1.29, 1.82) is 0 Å². The number of fused-ring (bicyclic) bond motifs is 2. The van der Waals surface area contributed by atoms with E-state index < -0.39 is 11.7 Å². The van der Waals surface area contributed by atoms with E-state index in [9.17, 15) is 9.59 Å². The normalized spacial score (nSPS) is 13.1. The Labute approximate surface area is 280 Å². The lowest BCUT2D eigenvalue weighted by Gasteiger charge is -2.29. The predicted molar refractivity (Wildman–Crippen MR) is 181 cm³/mol. The van der Waals surface area contributed by atoms with Gasteiger partial charge in [0.15, 0.2) is 5.82 Å². The second-order valence-electron chi connectivity index (χ2n) is 12.3. The molecule has 0 saturated carbocycles. The molecule has 10 nitrogen and oxygen atoms in total. The highest BCUT2D eigenvalue weighted by atomic mass is 79.9. The van der Waals surface area contributed by atoms with E-state index in [1.807, 2.05) is 58.2 Å². The molecule has 0 unspecified atom stereocenters. The van der Waals surface area contributed by atoms with Gasteiger partial charge in [-0.15, -0.1) is 0 Å². The first-order chi connectivity index (χ1) is 21.9. The molecule has 236 valence electrons. The average molecular weight is 703 g/mol. The number of aromatic nitrogens is 5. The third kappa shape index (κ3) is 6.34. The summed E-state index contributed by atoms with van der Waals surface area (Å²) in [6.45, 7) is 8.31. The topological polar surface area (TPSA) is 115 Å². The molecule has 3 aromatic heterocycles. The molecule has 0 aliphatic carbocycles. The van der Waals surface area contributed by atoms with Crippen LogP contribution in [0.5, 0.6) is 0 Å². The quantitative estimate of drug-likeness (QED) is 0.205. The number of carbonyl (C=O) groups is 2. The van der Waals surface area contributed by atoms with Gasteiger partial charge in [-0.3, -0.25) is 9.78 Å². The van der Waals surface area contributed by atoms with Crippen LogP contribution in [0, 0.1) is 6.92 Å². The molecule has 1 aliphatic rings. The average Bonchev–Trinajstić information content (AvgIpc) is 3.34. The minimum atomic E-state index is -0.596. The molecule has 0 saturated heterocycles. The zero-order valence-electron chi connectivity index (χ0n) is 26.2. The van der Waals surface area contributed by atoms with Crippen LogP contribution >= 0.6 is 27.5 Å². The first-order valence-corrected chi connectivity index (χ1v) is 16.0. The summed E-state index contributed by atoms with van der Waals surface area (Å²) in [7, 11) is 1.81. The van der Waals surface area contributed by atoms with Gasteiger partial charge in [-0.1, -0.05) is 41.9 Å². The van der Waals surface area contributed by atoms with Crippen LogP contribution in [-0.4, -0.2) is 53.5 Å². The third-order valence-corrected chi connectivity index (χ3v) is 8.81. The number of anilines is 1. The Bertz CT molecular complexity index is 2000. The van der Waals surface area contributed by atoms with Gasteiger partial charge in [0.1, 0.15) is 17.4 Å². The van der Waals surface area contributed by atoms with Gasteiger partial charge < -0.3 is 19.5 Å². The number of pyridine rings is 1. The summed E-state index contributed by atoms with van der Waals surface area (Å²) >= 11 is 10.4. The minimum Gasteiger partial charge on any atom is -0.444 e. The smallest absolute Gasteiger partial charge is 0.410 e. The number of benzene rings is 2. The summed E-state index contributed by atoms with van der Waals surface area (Å²) in [6.07, 6.45) is 4.04. The molecule has 0 atom stereocenters. The molecule has 2 aromatic carbocycles. The molecule has 0 spiro atoms. The summed E-state index contributed by atoms with van der Waals surface area (Å²) in [5, 5.41) is 3.38. The van der Waals surface area contributed by atoms with Gasteiger partial charge in [0, 0.05) is 48.4 Å². The Hall–Kier alpha value is -4.35. The lowest BCUT2D eigenvalue weighted by Crippen LogP contribution is -2.40. The van der Waals surface area contributed by atoms with Crippen LogP contribution in [0.1, 0.15) is 59.6 Å². The highest BCUT2D eigenvalue weighted by molar-refractivity contribution is 9.10. The molecule has 46 heavy (non-hydrogen) atoms. The number of hydrogen-bond acceptors (Lipinski definition) is 7. The Morgan fingerprint density at radius 1 is 1.09 bits per heavy atom. The number of amides is 2. The van der Waals surface area contributed by atoms with Crippen molar-refractivity contribution in [1.82, 2.24) is 29.4 Å². The van der Waals surface area contributed by atoms with Gasteiger partial charge in [-0.05, 0) is 72.4 Å². The van der Waals surface area contributed by atoms with Gasteiger partial charge in [0.25, 0.3) is 5.91 Å². The highest BCUT2D eigenvalue weighted by Crippen LogP contribution is 2.37. The van der Waals surface area contributed by atoms with Crippen LogP contribution in [0.4, 0.5) is 10.5 Å². The van der Waals surface area contributed by atoms with Crippen molar-refractivity contribution in [3.05, 3.63) is 98.5 Å². The maximum Gasteiger partial charge on any atom is 0.410 e. The number of nitrogens with zero attached hydrogens (tertiary/aromatic N) is 6. The predicted octanol–water partition coefficient (Wildman–Crippen LogP) is 7.29. The highest BCUT2D eigenvalue weighted by Gasteiger charge is 2.30. The van der Waals surface area contributed by atoms with Crippen molar-refractivity contribution >= 4 is 56.3 Å². The molecular weight excluding hydrogens is 670 g/mol. The van der Waals surface area contributed by atoms with E-state index in [1.165, 1.54) is 0 Å². The lowest BCUT2D eigenvalue weighted by molar-refractivity contribution is 0.0220. The van der Waals surface area contributed by atoms with E-state index in [4.69, 9.17) is 16.3 Å². The molecule has 6 rings (SSSR count). The summed E-state index contributed by atoms with van der Waals surface area (Å²) in [6, 6.07) is 13.6. The van der Waals surface area contributed by atoms with Crippen LogP contribution in [0.2, 0.25) is 5.02 Å². The van der Waals surface area contributed by atoms with E-state index in [2.05, 4.69) is 54.2 Å². The van der Waals surface area contributed by atoms with E-state index in [0.29, 0.717) is 35.8 Å². The van der Waals surface area contributed by atoms with Gasteiger partial charge in [0.05, 0.1) is 34.2 Å². The molecular formula is C34H33BrClN7O3. The maximum atomic E-state index is 13.5. The Balaban J connectivity index is 1.24. The van der Waals surface area contributed by atoms with Crippen molar-refractivity contribution in [2.75, 3.05) is 11.9 Å². The van der Waals surface area contributed by atoms with Crippen molar-refractivity contribution in [2.24, 2.45) is 7.05 Å². The molecule has 4 heterocycles. The molecule has 0 bridgehead atoms. The fourth-order valence-electron chi connectivity index (χ4n) is 5.68. The zero-order chi connectivity index (χ0) is 32.7. The Kier molecular flexibility index (Phi) is 8.56. The number of ether oxygens (including phenoxy) is 1. The van der Waals surface area contributed by atoms with Gasteiger partial charge >= 0.3 is 6.09 Å². The summed E-state index contributed by atoms with van der Waals surface area (Å²) in [4.78, 5) is 45.8. The minimum absolute atomic E-state index is 0.244. The number of rotatable bonds is 5. The number of nitrogens with one attached hydrogen (secondary N) is 1. The number of halogens is 2. The fourth-order valence-corrected chi connectivity index (χ4v) is 6.27. The fraction of sp³-hybridized carbons (Fsp3) is 0.294. The van der Waals surface area contributed by atoms with Crippen LogP contribution in [0.25, 0.3) is 22.2 Å². The molecule has 0 radical (unpaired) electrons. The summed E-state index contributed by atoms with van der Waals surface area (Å²) in [5.74, 6) is -0.145. The molecule has 5 aromatic rings. The van der Waals surface area contributed by atoms with Gasteiger partial charge in [-0.25, -0.2) is 19.7 Å². The van der Waals surface area contributed by atoms with E-state index >= 15 is 0 Å². The summed E-state index contributed by atoms with van der Waals surface area (Å²) < 4.78 is 8.17. The van der Waals surface area contributed by atoms with Crippen molar-refractivity contribution in [3.8, 4) is 11.1 Å². The second kappa shape index (κ2) is 12.4. The number of imidazole rings is 1. The third-order valence-electron chi connectivity index (χ3n) is 7.97. The molecule has 2 amide bonds. The van der Waals surface area contributed by atoms with E-state index in [-0.39, 0.29) is 18.3 Å². The molecule has 1 N–H and O–H groups in total. The van der Waals surface area contributed by atoms with Crippen molar-refractivity contribution in [3.63, 3.8) is 0 Å². The van der Waals surface area contributed by atoms with Crippen LogP contribution < -0.4 is 5.32 Å². The van der Waals surface area contributed by atoms with Crippen LogP contribution in [0.3, 0.4) is 0 Å². The first kappa shape index (κ1) is 31.6. The number of hydrogen-bond donors (Lipinski definition) is 1. The number of carbonyl (C=O) groups excluding carboxylic acids is 2. The summed E-state index contributed by atoms with van der Waals surface area (Å²) in [5.41, 5.74) is 7.69. The molecule has 12 heteroatoms. The SMILES string of the molecule is Cc1c(Cc2ncnc3cc(Br)cnc23)cccc1-c1cccc(NC(=O)c2nc3c(n2C)CCN(C(=O)OC(C)(C)C)C3)c1Cl. The Morgan fingerprint density at radius 3 is 2.63 bits per heavy atom. The Morgan fingerprint density at radius 2 is 1.85 bits per heavy atom.